The third-order valence-corrected chi connectivity index (χ3v) is 5.59. The number of rotatable bonds is 5. The van der Waals surface area contributed by atoms with Gasteiger partial charge in [0.1, 0.15) is 5.82 Å². The molecule has 136 valence electrons. The molecule has 0 atom stereocenters. The topological polar surface area (TPSA) is 66.1 Å². The largest absolute Gasteiger partial charge is 0.330 e. The third kappa shape index (κ3) is 3.81. The van der Waals surface area contributed by atoms with Gasteiger partial charge in [0.25, 0.3) is 11.5 Å². The summed E-state index contributed by atoms with van der Waals surface area (Å²) in [6, 6.07) is 6.89. The number of nitrogens with zero attached hydrogens (tertiary/aromatic N) is 2. The molecule has 0 unspecified atom stereocenters. The first kappa shape index (κ1) is 18.6. The minimum absolute atomic E-state index is 0.0399. The van der Waals surface area contributed by atoms with Crippen LogP contribution in [-0.4, -0.2) is 27.3 Å². The Bertz CT molecular complexity index is 1010. The number of benzene rings is 1. The van der Waals surface area contributed by atoms with Crippen LogP contribution in [0.2, 0.25) is 5.02 Å². The van der Waals surface area contributed by atoms with Crippen LogP contribution in [-0.2, 0) is 6.54 Å². The van der Waals surface area contributed by atoms with Gasteiger partial charge in [-0.25, -0.2) is 4.98 Å². The Labute approximate surface area is 160 Å². The smallest absolute Gasteiger partial charge is 0.264 e. The molecule has 0 aliphatic rings. The van der Waals surface area contributed by atoms with Gasteiger partial charge in [0.15, 0.2) is 0 Å². The first-order valence-corrected chi connectivity index (χ1v) is 9.63. The molecule has 1 amide bonds. The van der Waals surface area contributed by atoms with Crippen molar-refractivity contribution in [3.63, 3.8) is 0 Å². The van der Waals surface area contributed by atoms with Gasteiger partial charge in [0, 0.05) is 16.4 Å². The molecule has 5 nitrogen and oxygen atoms in total. The molecule has 0 saturated heterocycles. The highest BCUT2D eigenvalue weighted by molar-refractivity contribution is 7.14. The number of H-pyrrole nitrogens is 1. The predicted octanol–water partition coefficient (Wildman–Crippen LogP) is 4.31. The van der Waals surface area contributed by atoms with Crippen LogP contribution in [0.3, 0.4) is 0 Å². The summed E-state index contributed by atoms with van der Waals surface area (Å²) >= 11 is 7.50. The third-order valence-electron chi connectivity index (χ3n) is 4.22. The molecule has 0 radical (unpaired) electrons. The fraction of sp³-hybridized carbons (Fsp3) is 0.316. The lowest BCUT2D eigenvalue weighted by molar-refractivity contribution is 0.0743. The van der Waals surface area contributed by atoms with Gasteiger partial charge in [-0.15, -0.1) is 11.3 Å². The average molecular weight is 390 g/mol. The molecule has 0 saturated carbocycles. The minimum atomic E-state index is -0.228. The molecule has 7 heteroatoms. The molecule has 0 bridgehead atoms. The molecular formula is C19H20ClN3O2S. The van der Waals surface area contributed by atoms with Crippen molar-refractivity contribution in [2.45, 2.75) is 33.7 Å². The SMILES string of the molecule is CCCN(Cc1nc2cc(Cl)ccc2c(=O)[nH]1)C(=O)c1cc(C)c(C)s1. The van der Waals surface area contributed by atoms with Crippen LogP contribution >= 0.6 is 22.9 Å². The summed E-state index contributed by atoms with van der Waals surface area (Å²) in [7, 11) is 0. The van der Waals surface area contributed by atoms with Crippen molar-refractivity contribution in [3.8, 4) is 0 Å². The Hall–Kier alpha value is -2.18. The Morgan fingerprint density at radius 3 is 2.73 bits per heavy atom. The highest BCUT2D eigenvalue weighted by atomic mass is 35.5. The van der Waals surface area contributed by atoms with Gasteiger partial charge in [-0.05, 0) is 50.1 Å². The molecule has 0 aliphatic carbocycles. The molecule has 0 aliphatic heterocycles. The van der Waals surface area contributed by atoms with E-state index >= 15 is 0 Å². The minimum Gasteiger partial charge on any atom is -0.330 e. The van der Waals surface area contributed by atoms with Gasteiger partial charge in [0.05, 0.1) is 22.3 Å². The second kappa shape index (κ2) is 7.60. The first-order chi connectivity index (χ1) is 12.4. The Balaban J connectivity index is 1.93. The van der Waals surface area contributed by atoms with Crippen LogP contribution in [0.25, 0.3) is 10.9 Å². The first-order valence-electron chi connectivity index (χ1n) is 8.43. The van der Waals surface area contributed by atoms with E-state index in [9.17, 15) is 9.59 Å². The number of aromatic nitrogens is 2. The van der Waals surface area contributed by atoms with E-state index in [0.29, 0.717) is 33.2 Å². The van der Waals surface area contributed by atoms with Crippen molar-refractivity contribution in [1.82, 2.24) is 14.9 Å². The van der Waals surface area contributed by atoms with Crippen LogP contribution < -0.4 is 5.56 Å². The van der Waals surface area contributed by atoms with Crippen molar-refractivity contribution < 1.29 is 4.79 Å². The molecular weight excluding hydrogens is 370 g/mol. The van der Waals surface area contributed by atoms with E-state index in [0.717, 1.165) is 16.9 Å². The van der Waals surface area contributed by atoms with Crippen LogP contribution in [0.5, 0.6) is 0 Å². The molecule has 3 rings (SSSR count). The lowest BCUT2D eigenvalue weighted by Gasteiger charge is -2.21. The highest BCUT2D eigenvalue weighted by Crippen LogP contribution is 2.23. The average Bonchev–Trinajstić information content (AvgIpc) is 2.92. The zero-order valence-corrected chi connectivity index (χ0v) is 16.5. The van der Waals surface area contributed by atoms with Crippen LogP contribution in [0.1, 0.15) is 39.3 Å². The summed E-state index contributed by atoms with van der Waals surface area (Å²) in [5, 5.41) is 1.00. The summed E-state index contributed by atoms with van der Waals surface area (Å²) in [5.74, 6) is 0.415. The van der Waals surface area contributed by atoms with Crippen molar-refractivity contribution in [1.29, 1.82) is 0 Å². The molecule has 3 aromatic rings. The molecule has 26 heavy (non-hydrogen) atoms. The maximum absolute atomic E-state index is 12.9. The highest BCUT2D eigenvalue weighted by Gasteiger charge is 2.19. The van der Waals surface area contributed by atoms with E-state index in [4.69, 9.17) is 11.6 Å². The maximum atomic E-state index is 12.9. The van der Waals surface area contributed by atoms with Crippen LogP contribution in [0.15, 0.2) is 29.1 Å². The number of halogens is 1. The summed E-state index contributed by atoms with van der Waals surface area (Å²) in [5.41, 5.74) is 1.41. The monoisotopic (exact) mass is 389 g/mol. The number of amides is 1. The number of carbonyl (C=O) groups is 1. The molecule has 0 spiro atoms. The zero-order chi connectivity index (χ0) is 18.8. The number of carbonyl (C=O) groups excluding carboxylic acids is 1. The van der Waals surface area contributed by atoms with E-state index < -0.39 is 0 Å². The number of thiophene rings is 1. The lowest BCUT2D eigenvalue weighted by atomic mass is 10.2. The van der Waals surface area contributed by atoms with E-state index in [2.05, 4.69) is 9.97 Å². The fourth-order valence-electron chi connectivity index (χ4n) is 2.77. The van der Waals surface area contributed by atoms with Crippen molar-refractivity contribution >= 4 is 39.7 Å². The Morgan fingerprint density at radius 1 is 1.31 bits per heavy atom. The second-order valence-electron chi connectivity index (χ2n) is 6.25. The Morgan fingerprint density at radius 2 is 2.08 bits per heavy atom. The van der Waals surface area contributed by atoms with Crippen molar-refractivity contribution in [3.05, 3.63) is 60.8 Å². The predicted molar refractivity (Wildman–Crippen MR) is 106 cm³/mol. The number of nitrogens with one attached hydrogen (secondary N) is 1. The van der Waals surface area contributed by atoms with Gasteiger partial charge < -0.3 is 9.88 Å². The molecule has 0 fully saturated rings. The molecule has 2 heterocycles. The van der Waals surface area contributed by atoms with E-state index in [1.807, 2.05) is 26.8 Å². The molecule has 1 aromatic carbocycles. The number of aryl methyl sites for hydroxylation is 2. The standard InChI is InChI=1S/C19H20ClN3O2S/c1-4-7-23(19(25)16-8-11(2)12(3)26-16)10-17-21-15-9-13(20)5-6-14(15)18(24)22-17/h5-6,8-9H,4,7,10H2,1-3H3,(H,21,22,24). The van der Waals surface area contributed by atoms with Crippen LogP contribution in [0.4, 0.5) is 0 Å². The van der Waals surface area contributed by atoms with Gasteiger partial charge in [-0.1, -0.05) is 18.5 Å². The van der Waals surface area contributed by atoms with Gasteiger partial charge in [-0.3, -0.25) is 9.59 Å². The summed E-state index contributed by atoms with van der Waals surface area (Å²) < 4.78 is 0. The van der Waals surface area contributed by atoms with Gasteiger partial charge >= 0.3 is 0 Å². The van der Waals surface area contributed by atoms with E-state index in [1.165, 1.54) is 11.3 Å². The lowest BCUT2D eigenvalue weighted by Crippen LogP contribution is -2.32. The fourth-order valence-corrected chi connectivity index (χ4v) is 3.94. The molecule has 1 N–H and O–H groups in total. The van der Waals surface area contributed by atoms with Crippen molar-refractivity contribution in [2.75, 3.05) is 6.54 Å². The second-order valence-corrected chi connectivity index (χ2v) is 7.94. The zero-order valence-electron chi connectivity index (χ0n) is 14.9. The number of fused-ring (bicyclic) bond motifs is 1. The van der Waals surface area contributed by atoms with Gasteiger partial charge in [-0.2, -0.15) is 0 Å². The number of hydrogen-bond acceptors (Lipinski definition) is 4. The summed E-state index contributed by atoms with van der Waals surface area (Å²) in [6.07, 6.45) is 0.818. The van der Waals surface area contributed by atoms with Gasteiger partial charge in [0.2, 0.25) is 0 Å². The normalized spacial score (nSPS) is 11.1. The number of hydrogen-bond donors (Lipinski definition) is 1. The summed E-state index contributed by atoms with van der Waals surface area (Å²) in [6.45, 7) is 6.86. The van der Waals surface area contributed by atoms with Crippen molar-refractivity contribution in [2.24, 2.45) is 0 Å². The quantitative estimate of drug-likeness (QED) is 0.707. The maximum Gasteiger partial charge on any atom is 0.264 e. The number of aromatic amines is 1. The van der Waals surface area contributed by atoms with Crippen LogP contribution in [0, 0.1) is 13.8 Å². The van der Waals surface area contributed by atoms with E-state index in [1.54, 1.807) is 23.1 Å². The Kier molecular flexibility index (Phi) is 5.44. The molecule has 2 aromatic heterocycles. The van der Waals surface area contributed by atoms with E-state index in [-0.39, 0.29) is 18.0 Å². The summed E-state index contributed by atoms with van der Waals surface area (Å²) in [4.78, 5) is 36.0.